The van der Waals surface area contributed by atoms with Gasteiger partial charge in [0, 0.05) is 11.4 Å². The summed E-state index contributed by atoms with van der Waals surface area (Å²) < 4.78 is 37.1. The third-order valence-corrected chi connectivity index (χ3v) is 2.85. The number of rotatable bonds is 4. The molecule has 0 bridgehead atoms. The summed E-state index contributed by atoms with van der Waals surface area (Å²) in [5, 5.41) is 11.9. The molecule has 106 valence electrons. The third kappa shape index (κ3) is 5.98. The molecule has 3 nitrogen and oxygen atoms in total. The summed E-state index contributed by atoms with van der Waals surface area (Å²) in [6, 6.07) is 5.46. The summed E-state index contributed by atoms with van der Waals surface area (Å²) in [5.74, 6) is -0.644. The molecule has 0 saturated heterocycles. The van der Waals surface area contributed by atoms with Crippen molar-refractivity contribution < 1.29 is 23.1 Å². The van der Waals surface area contributed by atoms with Gasteiger partial charge in [0.05, 0.1) is 11.2 Å². The number of aliphatic hydroxyl groups is 1. The normalized spacial score (nSPS) is 12.3. The lowest BCUT2D eigenvalue weighted by Gasteiger charge is -2.18. The van der Waals surface area contributed by atoms with Crippen molar-refractivity contribution in [3.8, 4) is 0 Å². The third-order valence-electron chi connectivity index (χ3n) is 2.04. The van der Waals surface area contributed by atoms with Gasteiger partial charge in [0.25, 0.3) is 5.91 Å². The van der Waals surface area contributed by atoms with E-state index in [2.05, 4.69) is 5.32 Å². The lowest BCUT2D eigenvalue weighted by Crippen LogP contribution is -2.38. The minimum absolute atomic E-state index is 0.0448. The number of halogens is 3. The van der Waals surface area contributed by atoms with Gasteiger partial charge in [-0.15, -0.1) is 0 Å². The van der Waals surface area contributed by atoms with Crippen LogP contribution in [0.5, 0.6) is 0 Å². The van der Waals surface area contributed by atoms with Crippen LogP contribution in [0.2, 0.25) is 0 Å². The fourth-order valence-electron chi connectivity index (χ4n) is 1.26. The lowest BCUT2D eigenvalue weighted by atomic mass is 10.1. The fourth-order valence-corrected chi connectivity index (χ4v) is 1.93. The first-order valence-corrected chi connectivity index (χ1v) is 6.25. The summed E-state index contributed by atoms with van der Waals surface area (Å²) in [4.78, 5) is 11.6. The lowest BCUT2D eigenvalue weighted by molar-refractivity contribution is -0.0328. The number of hydrogen-bond donors (Lipinski definition) is 2. The van der Waals surface area contributed by atoms with E-state index in [0.29, 0.717) is 0 Å². The predicted molar refractivity (Wildman–Crippen MR) is 67.0 cm³/mol. The van der Waals surface area contributed by atoms with Crippen molar-refractivity contribution in [1.82, 2.24) is 5.32 Å². The van der Waals surface area contributed by atoms with E-state index in [4.69, 9.17) is 0 Å². The summed E-state index contributed by atoms with van der Waals surface area (Å²) >= 11 is -0.334. The van der Waals surface area contributed by atoms with Crippen molar-refractivity contribution >= 4 is 17.7 Å². The van der Waals surface area contributed by atoms with Crippen LogP contribution in [-0.4, -0.2) is 28.7 Å². The molecule has 0 atom stereocenters. The Kier molecular flexibility index (Phi) is 4.86. The highest BCUT2D eigenvalue weighted by Crippen LogP contribution is 2.38. The molecular weight excluding hydrogens is 279 g/mol. The highest BCUT2D eigenvalue weighted by atomic mass is 32.2. The Morgan fingerprint density at radius 2 is 1.89 bits per heavy atom. The first kappa shape index (κ1) is 15.8. The minimum Gasteiger partial charge on any atom is -0.389 e. The van der Waals surface area contributed by atoms with Gasteiger partial charge in [0.15, 0.2) is 0 Å². The highest BCUT2D eigenvalue weighted by molar-refractivity contribution is 8.00. The molecule has 1 amide bonds. The van der Waals surface area contributed by atoms with Gasteiger partial charge in [-0.1, -0.05) is 12.1 Å². The maximum absolute atomic E-state index is 12.4. The zero-order valence-electron chi connectivity index (χ0n) is 10.4. The van der Waals surface area contributed by atoms with Crippen LogP contribution in [0.1, 0.15) is 24.2 Å². The number of alkyl halides is 3. The van der Waals surface area contributed by atoms with E-state index in [1.807, 2.05) is 0 Å². The number of benzene rings is 1. The molecule has 1 rings (SSSR count). The Balaban J connectivity index is 2.85. The van der Waals surface area contributed by atoms with Crippen LogP contribution in [0.3, 0.4) is 0 Å². The number of carbonyl (C=O) groups is 1. The van der Waals surface area contributed by atoms with Crippen molar-refractivity contribution in [3.05, 3.63) is 29.8 Å². The van der Waals surface area contributed by atoms with Crippen LogP contribution in [0.25, 0.3) is 0 Å². The van der Waals surface area contributed by atoms with Crippen molar-refractivity contribution in [2.24, 2.45) is 0 Å². The maximum Gasteiger partial charge on any atom is 0.446 e. The number of hydrogen-bond acceptors (Lipinski definition) is 3. The monoisotopic (exact) mass is 293 g/mol. The first-order valence-electron chi connectivity index (χ1n) is 5.44. The van der Waals surface area contributed by atoms with E-state index in [1.165, 1.54) is 38.1 Å². The molecule has 1 aromatic rings. The Labute approximate surface area is 113 Å². The number of thioether (sulfide) groups is 1. The van der Waals surface area contributed by atoms with Crippen molar-refractivity contribution in [2.75, 3.05) is 6.54 Å². The van der Waals surface area contributed by atoms with E-state index in [9.17, 15) is 23.1 Å². The van der Waals surface area contributed by atoms with Gasteiger partial charge in [-0.2, -0.15) is 13.2 Å². The molecule has 0 spiro atoms. The van der Waals surface area contributed by atoms with E-state index in [1.54, 1.807) is 0 Å². The molecule has 19 heavy (non-hydrogen) atoms. The average molecular weight is 293 g/mol. The Hall–Kier alpha value is -1.21. The van der Waals surface area contributed by atoms with Gasteiger partial charge in [-0.25, -0.2) is 0 Å². The van der Waals surface area contributed by atoms with Gasteiger partial charge in [0.2, 0.25) is 0 Å². The second kappa shape index (κ2) is 5.83. The molecule has 0 heterocycles. The molecule has 2 N–H and O–H groups in total. The summed E-state index contributed by atoms with van der Waals surface area (Å²) in [7, 11) is 0. The van der Waals surface area contributed by atoms with Crippen LogP contribution in [-0.2, 0) is 0 Å². The van der Waals surface area contributed by atoms with Crippen molar-refractivity contribution in [2.45, 2.75) is 29.9 Å². The second-order valence-electron chi connectivity index (χ2n) is 4.54. The van der Waals surface area contributed by atoms with Gasteiger partial charge in [-0.3, -0.25) is 4.79 Å². The fraction of sp³-hybridized carbons (Fsp3) is 0.417. The van der Waals surface area contributed by atoms with E-state index < -0.39 is 17.0 Å². The van der Waals surface area contributed by atoms with Crippen LogP contribution < -0.4 is 5.32 Å². The van der Waals surface area contributed by atoms with Gasteiger partial charge < -0.3 is 10.4 Å². The maximum atomic E-state index is 12.4. The molecular formula is C12H14F3NO2S. The average Bonchev–Trinajstić information content (AvgIpc) is 2.23. The summed E-state index contributed by atoms with van der Waals surface area (Å²) in [6.07, 6.45) is 0. The first-order chi connectivity index (χ1) is 8.58. The predicted octanol–water partition coefficient (Wildman–Crippen LogP) is 2.80. The smallest absolute Gasteiger partial charge is 0.389 e. The molecule has 0 aliphatic rings. The number of amides is 1. The molecule has 0 radical (unpaired) electrons. The second-order valence-corrected chi connectivity index (χ2v) is 5.65. The van der Waals surface area contributed by atoms with Crippen LogP contribution in [0, 0.1) is 0 Å². The molecule has 0 aliphatic heterocycles. The van der Waals surface area contributed by atoms with E-state index >= 15 is 0 Å². The summed E-state index contributed by atoms with van der Waals surface area (Å²) in [6.45, 7) is 2.93. The van der Waals surface area contributed by atoms with Gasteiger partial charge >= 0.3 is 5.51 Å². The summed E-state index contributed by atoms with van der Waals surface area (Å²) in [5.41, 5.74) is -5.64. The standard InChI is InChI=1S/C12H14F3NO2S/c1-11(2,18)7-16-10(17)8-5-3-4-6-9(8)19-12(13,14)15/h3-6,18H,7H2,1-2H3,(H,16,17). The van der Waals surface area contributed by atoms with Gasteiger partial charge in [0.1, 0.15) is 0 Å². The quantitative estimate of drug-likeness (QED) is 0.839. The molecule has 7 heteroatoms. The molecule has 1 aromatic carbocycles. The topological polar surface area (TPSA) is 49.3 Å². The largest absolute Gasteiger partial charge is 0.446 e. The molecule has 0 saturated carbocycles. The molecule has 0 fully saturated rings. The zero-order chi connectivity index (χ0) is 14.7. The van der Waals surface area contributed by atoms with Crippen LogP contribution >= 0.6 is 11.8 Å². The van der Waals surface area contributed by atoms with Crippen molar-refractivity contribution in [1.29, 1.82) is 0 Å². The SMILES string of the molecule is CC(C)(O)CNC(=O)c1ccccc1SC(F)(F)F. The molecule has 0 unspecified atom stereocenters. The Bertz CT molecular complexity index is 455. The van der Waals surface area contributed by atoms with Gasteiger partial charge in [-0.05, 0) is 37.7 Å². The van der Waals surface area contributed by atoms with Crippen LogP contribution in [0.15, 0.2) is 29.2 Å². The van der Waals surface area contributed by atoms with Crippen LogP contribution in [0.4, 0.5) is 13.2 Å². The van der Waals surface area contributed by atoms with E-state index in [0.717, 1.165) is 0 Å². The Morgan fingerprint density at radius 1 is 1.32 bits per heavy atom. The number of nitrogens with one attached hydrogen (secondary N) is 1. The molecule has 0 aromatic heterocycles. The van der Waals surface area contributed by atoms with E-state index in [-0.39, 0.29) is 28.8 Å². The highest BCUT2D eigenvalue weighted by Gasteiger charge is 2.31. The zero-order valence-corrected chi connectivity index (χ0v) is 11.2. The minimum atomic E-state index is -4.45. The number of carbonyl (C=O) groups excluding carboxylic acids is 1. The molecule has 0 aliphatic carbocycles. The van der Waals surface area contributed by atoms with Crippen molar-refractivity contribution in [3.63, 3.8) is 0 Å². The Morgan fingerprint density at radius 3 is 2.42 bits per heavy atom.